The molecule has 3 N–H and O–H groups in total. The van der Waals surface area contributed by atoms with Crippen molar-refractivity contribution in [3.63, 3.8) is 0 Å². The lowest BCUT2D eigenvalue weighted by Gasteiger charge is -2.15. The van der Waals surface area contributed by atoms with E-state index in [1.807, 2.05) is 0 Å². The molecule has 0 fully saturated rings. The number of H-pyrrole nitrogens is 1. The molecule has 1 heterocycles. The topological polar surface area (TPSA) is 41.8 Å². The highest BCUT2D eigenvalue weighted by molar-refractivity contribution is 5.96. The third-order valence-electron chi connectivity index (χ3n) is 5.63. The number of hydrogen-bond acceptors (Lipinski definition) is 1. The van der Waals surface area contributed by atoms with Crippen LogP contribution in [0.15, 0.2) is 66.9 Å². The fourth-order valence-electron chi connectivity index (χ4n) is 4.13. The Morgan fingerprint density at radius 1 is 0.692 bits per heavy atom. The molecule has 0 unspecified atom stereocenters. The summed E-state index contributed by atoms with van der Waals surface area (Å²) in [5.41, 5.74) is 16.4. The number of anilines is 1. The maximum absolute atomic E-state index is 6.30. The molecule has 2 nitrogen and oxygen atoms in total. The molecule has 0 spiro atoms. The van der Waals surface area contributed by atoms with Crippen molar-refractivity contribution in [2.75, 3.05) is 5.73 Å². The average Bonchev–Trinajstić information content (AvgIpc) is 3.08. The quantitative estimate of drug-likeness (QED) is 0.454. The molecule has 0 saturated carbocycles. The van der Waals surface area contributed by atoms with E-state index in [4.69, 9.17) is 5.73 Å². The van der Waals surface area contributed by atoms with Crippen LogP contribution in [0.3, 0.4) is 0 Å². The first-order chi connectivity index (χ1) is 12.8. The van der Waals surface area contributed by atoms with Gasteiger partial charge >= 0.3 is 0 Å². The molecular weight excluding hydrogens is 316 g/mol. The Morgan fingerprint density at radius 3 is 2.27 bits per heavy atom. The summed E-state index contributed by atoms with van der Waals surface area (Å²) in [6, 6.07) is 22.2. The first-order valence-corrected chi connectivity index (χ1v) is 9.33. The summed E-state index contributed by atoms with van der Waals surface area (Å²) in [7, 11) is 0. The molecule has 2 heteroatoms. The minimum atomic E-state index is 0.936. The van der Waals surface area contributed by atoms with Crippen molar-refractivity contribution in [2.24, 2.45) is 0 Å². The Balaban J connectivity index is 1.65. The smallest absolute Gasteiger partial charge is 0.0460 e. The van der Waals surface area contributed by atoms with Crippen molar-refractivity contribution >= 4 is 16.6 Å². The number of nitrogen functional groups attached to an aromatic ring is 1. The first-order valence-electron chi connectivity index (χ1n) is 9.33. The van der Waals surface area contributed by atoms with Crippen LogP contribution < -0.4 is 5.73 Å². The summed E-state index contributed by atoms with van der Waals surface area (Å²) >= 11 is 0. The highest BCUT2D eigenvalue weighted by Gasteiger charge is 2.13. The van der Waals surface area contributed by atoms with Gasteiger partial charge in [0.2, 0.25) is 0 Å². The number of aromatic amines is 1. The molecule has 3 aromatic carbocycles. The number of benzene rings is 3. The molecule has 4 aromatic rings. The van der Waals surface area contributed by atoms with E-state index in [-0.39, 0.29) is 0 Å². The van der Waals surface area contributed by atoms with Crippen LogP contribution >= 0.6 is 0 Å². The van der Waals surface area contributed by atoms with E-state index in [9.17, 15) is 0 Å². The van der Waals surface area contributed by atoms with Crippen LogP contribution in [-0.2, 0) is 25.7 Å². The van der Waals surface area contributed by atoms with Crippen molar-refractivity contribution in [3.8, 4) is 11.1 Å². The Morgan fingerprint density at radius 2 is 1.42 bits per heavy atom. The van der Waals surface area contributed by atoms with Gasteiger partial charge in [0.15, 0.2) is 0 Å². The Hall–Kier alpha value is -3.00. The molecule has 0 saturated heterocycles. The molecule has 0 amide bonds. The molecule has 0 aliphatic heterocycles. The Kier molecular flexibility index (Phi) is 3.56. The zero-order valence-electron chi connectivity index (χ0n) is 14.8. The third-order valence-corrected chi connectivity index (χ3v) is 5.63. The second kappa shape index (κ2) is 6.06. The van der Waals surface area contributed by atoms with Gasteiger partial charge in [-0.25, -0.2) is 0 Å². The molecule has 128 valence electrons. The van der Waals surface area contributed by atoms with Crippen LogP contribution in [0, 0.1) is 0 Å². The lowest BCUT2D eigenvalue weighted by Crippen LogP contribution is -2.03. The van der Waals surface area contributed by atoms with Gasteiger partial charge in [0, 0.05) is 28.4 Å². The van der Waals surface area contributed by atoms with Gasteiger partial charge in [-0.05, 0) is 65.6 Å². The van der Waals surface area contributed by atoms with E-state index in [0.29, 0.717) is 0 Å². The minimum Gasteiger partial charge on any atom is -0.398 e. The Labute approximate surface area is 153 Å². The van der Waals surface area contributed by atoms with E-state index in [1.54, 1.807) is 0 Å². The number of fused-ring (bicyclic) bond motifs is 1. The van der Waals surface area contributed by atoms with E-state index >= 15 is 0 Å². The number of aryl methyl sites for hydroxylation is 4. The molecule has 4 bridgehead atoms. The Bertz CT molecular complexity index is 1100. The zero-order chi connectivity index (χ0) is 17.5. The van der Waals surface area contributed by atoms with Gasteiger partial charge in [0.25, 0.3) is 0 Å². The van der Waals surface area contributed by atoms with Crippen LogP contribution in [-0.4, -0.2) is 4.98 Å². The summed E-state index contributed by atoms with van der Waals surface area (Å²) in [5, 5.41) is 1.29. The number of nitrogens with one attached hydrogen (secondary N) is 1. The highest BCUT2D eigenvalue weighted by Crippen LogP contribution is 2.33. The largest absolute Gasteiger partial charge is 0.398 e. The van der Waals surface area contributed by atoms with Gasteiger partial charge in [-0.3, -0.25) is 0 Å². The van der Waals surface area contributed by atoms with Crippen LogP contribution in [0.2, 0.25) is 0 Å². The van der Waals surface area contributed by atoms with E-state index in [0.717, 1.165) is 31.4 Å². The normalized spacial score (nSPS) is 13.7. The lowest BCUT2D eigenvalue weighted by molar-refractivity contribution is 0.926. The number of rotatable bonds is 1. The molecule has 0 radical (unpaired) electrons. The van der Waals surface area contributed by atoms with Gasteiger partial charge in [0.05, 0.1) is 0 Å². The maximum Gasteiger partial charge on any atom is 0.0460 e. The maximum atomic E-state index is 6.30. The van der Waals surface area contributed by atoms with Gasteiger partial charge in [-0.1, -0.05) is 48.5 Å². The van der Waals surface area contributed by atoms with Gasteiger partial charge < -0.3 is 10.7 Å². The van der Waals surface area contributed by atoms with Gasteiger partial charge in [-0.15, -0.1) is 0 Å². The fraction of sp³-hybridized carbons (Fsp3) is 0.167. The first kappa shape index (κ1) is 15.3. The van der Waals surface area contributed by atoms with Crippen molar-refractivity contribution in [3.05, 3.63) is 89.1 Å². The highest BCUT2D eigenvalue weighted by atomic mass is 14.7. The van der Waals surface area contributed by atoms with Crippen molar-refractivity contribution < 1.29 is 0 Å². The SMILES string of the molecule is Nc1cc2ccc1CCc1ccc(cc1-c1c[nH]c3ccccc13)CC2. The zero-order valence-corrected chi connectivity index (χ0v) is 14.8. The summed E-state index contributed by atoms with van der Waals surface area (Å²) in [5.74, 6) is 0. The molecule has 0 atom stereocenters. The average molecular weight is 338 g/mol. The number of para-hydroxylation sites is 1. The summed E-state index contributed by atoms with van der Waals surface area (Å²) in [6.07, 6.45) is 6.19. The fourth-order valence-corrected chi connectivity index (χ4v) is 4.13. The minimum absolute atomic E-state index is 0.936. The summed E-state index contributed by atoms with van der Waals surface area (Å²) in [6.45, 7) is 0. The predicted molar refractivity (Wildman–Crippen MR) is 109 cm³/mol. The number of nitrogens with two attached hydrogens (primary N) is 1. The predicted octanol–water partition coefficient (Wildman–Crippen LogP) is 5.30. The molecule has 4 aliphatic rings. The summed E-state index contributed by atoms with van der Waals surface area (Å²) < 4.78 is 0. The van der Waals surface area contributed by atoms with Crippen LogP contribution in [0.4, 0.5) is 5.69 Å². The van der Waals surface area contributed by atoms with Crippen LogP contribution in [0.25, 0.3) is 22.0 Å². The van der Waals surface area contributed by atoms with Crippen LogP contribution in [0.5, 0.6) is 0 Å². The van der Waals surface area contributed by atoms with Crippen molar-refractivity contribution in [2.45, 2.75) is 25.7 Å². The summed E-state index contributed by atoms with van der Waals surface area (Å²) in [4.78, 5) is 3.43. The molecule has 4 aliphatic carbocycles. The second-order valence-corrected chi connectivity index (χ2v) is 7.27. The monoisotopic (exact) mass is 338 g/mol. The number of aromatic nitrogens is 1. The van der Waals surface area contributed by atoms with Gasteiger partial charge in [0.1, 0.15) is 0 Å². The second-order valence-electron chi connectivity index (χ2n) is 7.27. The number of hydrogen-bond donors (Lipinski definition) is 2. The lowest BCUT2D eigenvalue weighted by atomic mass is 9.90. The molecular formula is C24H22N2. The van der Waals surface area contributed by atoms with Crippen molar-refractivity contribution in [1.82, 2.24) is 4.98 Å². The van der Waals surface area contributed by atoms with E-state index < -0.39 is 0 Å². The third kappa shape index (κ3) is 2.59. The van der Waals surface area contributed by atoms with Crippen LogP contribution in [0.1, 0.15) is 22.3 Å². The molecule has 1 aromatic heterocycles. The van der Waals surface area contributed by atoms with E-state index in [2.05, 4.69) is 71.8 Å². The van der Waals surface area contributed by atoms with E-state index in [1.165, 1.54) is 44.3 Å². The molecule has 26 heavy (non-hydrogen) atoms. The van der Waals surface area contributed by atoms with Crippen molar-refractivity contribution in [1.29, 1.82) is 0 Å². The standard InChI is InChI=1S/C24H22N2/c25-23-14-17-6-5-16-7-9-18(11-12-19(23)10-8-17)21(13-16)22-15-26-24-4-2-1-3-20(22)24/h1-4,7-10,13-15,26H,5-6,11-12,25H2. The molecule has 8 rings (SSSR count). The van der Waals surface area contributed by atoms with Gasteiger partial charge in [-0.2, -0.15) is 0 Å².